The molecule has 2 aromatic carbocycles. The number of hydrogen-bond donors (Lipinski definition) is 2. The van der Waals surface area contributed by atoms with Crippen LogP contribution in [0.3, 0.4) is 0 Å². The number of benzene rings is 2. The molecule has 0 unspecified atom stereocenters. The normalized spacial score (nSPS) is 13.7. The minimum Gasteiger partial charge on any atom is -0.475 e. The molecule has 3 aromatic rings. The van der Waals surface area contributed by atoms with Gasteiger partial charge in [0, 0.05) is 25.2 Å². The molecule has 3 N–H and O–H groups in total. The SMILES string of the molecule is Cc1ccccc1C#Cc1ccc(C(=O)N2CCC(c3cccc(CN)c3)CC2)o1.O=C(O)C(F)(F)F. The minimum absolute atomic E-state index is 0.0619. The maximum absolute atomic E-state index is 12.9. The van der Waals surface area contributed by atoms with E-state index in [-0.39, 0.29) is 5.91 Å². The molecule has 4 rings (SSSR count). The number of amides is 1. The number of alkyl halides is 3. The van der Waals surface area contributed by atoms with Gasteiger partial charge in [-0.2, -0.15) is 13.2 Å². The van der Waals surface area contributed by atoms with Gasteiger partial charge in [-0.15, -0.1) is 0 Å². The summed E-state index contributed by atoms with van der Waals surface area (Å²) in [6.45, 7) is 4.03. The Bertz CT molecular complexity index is 1300. The van der Waals surface area contributed by atoms with Crippen LogP contribution in [0.25, 0.3) is 0 Å². The van der Waals surface area contributed by atoms with Crippen LogP contribution in [0.2, 0.25) is 0 Å². The van der Waals surface area contributed by atoms with E-state index in [1.807, 2.05) is 36.1 Å². The van der Waals surface area contributed by atoms with Crippen molar-refractivity contribution in [3.05, 3.63) is 94.4 Å². The highest BCUT2D eigenvalue weighted by Crippen LogP contribution is 2.29. The second kappa shape index (κ2) is 12.3. The molecule has 1 fully saturated rings. The number of carboxylic acids is 1. The number of furan rings is 1. The van der Waals surface area contributed by atoms with Crippen LogP contribution >= 0.6 is 0 Å². The molecule has 0 bridgehead atoms. The maximum Gasteiger partial charge on any atom is 0.490 e. The molecule has 0 atom stereocenters. The third-order valence-corrected chi connectivity index (χ3v) is 5.97. The molecule has 194 valence electrons. The number of carboxylic acid groups (broad SMARTS) is 1. The number of hydrogen-bond acceptors (Lipinski definition) is 4. The van der Waals surface area contributed by atoms with Crippen LogP contribution in [-0.2, 0) is 11.3 Å². The first-order valence-electron chi connectivity index (χ1n) is 11.6. The van der Waals surface area contributed by atoms with E-state index in [1.165, 1.54) is 5.56 Å². The lowest BCUT2D eigenvalue weighted by atomic mass is 9.88. The number of nitrogens with two attached hydrogens (primary N) is 1. The van der Waals surface area contributed by atoms with Gasteiger partial charge in [0.05, 0.1) is 0 Å². The number of aryl methyl sites for hydroxylation is 1. The molecule has 0 radical (unpaired) electrons. The van der Waals surface area contributed by atoms with E-state index in [1.54, 1.807) is 12.1 Å². The van der Waals surface area contributed by atoms with E-state index in [2.05, 4.69) is 36.1 Å². The molecule has 9 heteroatoms. The van der Waals surface area contributed by atoms with Gasteiger partial charge in [0.2, 0.25) is 0 Å². The smallest absolute Gasteiger partial charge is 0.475 e. The van der Waals surface area contributed by atoms with Crippen LogP contribution in [0.4, 0.5) is 13.2 Å². The Hall–Kier alpha value is -4.03. The Morgan fingerprint density at radius 3 is 2.35 bits per heavy atom. The highest BCUT2D eigenvalue weighted by atomic mass is 19.4. The number of likely N-dealkylation sites (tertiary alicyclic amines) is 1. The molecule has 1 aliphatic heterocycles. The number of halogens is 3. The molecule has 0 spiro atoms. The largest absolute Gasteiger partial charge is 0.490 e. The van der Waals surface area contributed by atoms with E-state index < -0.39 is 12.1 Å². The van der Waals surface area contributed by atoms with Gasteiger partial charge in [0.25, 0.3) is 5.91 Å². The molecule has 1 aliphatic rings. The lowest BCUT2D eigenvalue weighted by molar-refractivity contribution is -0.192. The summed E-state index contributed by atoms with van der Waals surface area (Å²) in [6.07, 6.45) is -3.19. The van der Waals surface area contributed by atoms with E-state index in [0.29, 0.717) is 24.0 Å². The zero-order valence-electron chi connectivity index (χ0n) is 20.2. The van der Waals surface area contributed by atoms with Gasteiger partial charge < -0.3 is 20.2 Å². The third-order valence-electron chi connectivity index (χ3n) is 5.97. The molecule has 1 saturated heterocycles. The van der Waals surface area contributed by atoms with Crippen molar-refractivity contribution < 1.29 is 32.3 Å². The summed E-state index contributed by atoms with van der Waals surface area (Å²) in [4.78, 5) is 23.6. The van der Waals surface area contributed by atoms with Crippen LogP contribution in [-0.4, -0.2) is 41.1 Å². The van der Waals surface area contributed by atoms with Crippen molar-refractivity contribution in [2.75, 3.05) is 13.1 Å². The van der Waals surface area contributed by atoms with Gasteiger partial charge in [0.1, 0.15) is 0 Å². The molecule has 2 heterocycles. The highest BCUT2D eigenvalue weighted by molar-refractivity contribution is 5.91. The second-order valence-corrected chi connectivity index (χ2v) is 8.55. The fraction of sp³-hybridized carbons (Fsp3) is 0.286. The number of nitrogens with zero attached hydrogens (tertiary/aromatic N) is 1. The Morgan fingerprint density at radius 2 is 1.73 bits per heavy atom. The standard InChI is InChI=1S/C26H26N2O2.C2HF3O2/c1-19-5-2-3-7-21(19)9-10-24-11-12-25(30-24)26(29)28-15-13-22(14-16-28)23-8-4-6-20(17-23)18-27;3-2(4,5)1(6)7/h2-8,11-12,17,22H,13-16,18,27H2,1H3;(H,6,7). The number of carbonyl (C=O) groups is 2. The van der Waals surface area contributed by atoms with Crippen LogP contribution in [0.5, 0.6) is 0 Å². The van der Waals surface area contributed by atoms with Crippen LogP contribution < -0.4 is 5.73 Å². The molecule has 0 saturated carbocycles. The van der Waals surface area contributed by atoms with Crippen molar-refractivity contribution in [1.29, 1.82) is 0 Å². The minimum atomic E-state index is -5.08. The summed E-state index contributed by atoms with van der Waals surface area (Å²) in [7, 11) is 0. The van der Waals surface area contributed by atoms with Crippen molar-refractivity contribution in [2.24, 2.45) is 5.73 Å². The predicted molar refractivity (Wildman–Crippen MR) is 132 cm³/mol. The first-order valence-corrected chi connectivity index (χ1v) is 11.6. The molecule has 37 heavy (non-hydrogen) atoms. The number of aliphatic carboxylic acids is 1. The fourth-order valence-electron chi connectivity index (χ4n) is 3.91. The van der Waals surface area contributed by atoms with Crippen molar-refractivity contribution in [2.45, 2.75) is 38.4 Å². The van der Waals surface area contributed by atoms with Gasteiger partial charge >= 0.3 is 12.1 Å². The average Bonchev–Trinajstić information content (AvgIpc) is 3.37. The average molecular weight is 513 g/mol. The molecule has 1 amide bonds. The molecular weight excluding hydrogens is 485 g/mol. The summed E-state index contributed by atoms with van der Waals surface area (Å²) < 4.78 is 37.5. The van der Waals surface area contributed by atoms with Crippen molar-refractivity contribution in [1.82, 2.24) is 4.90 Å². The van der Waals surface area contributed by atoms with Crippen molar-refractivity contribution in [3.8, 4) is 11.8 Å². The van der Waals surface area contributed by atoms with Gasteiger partial charge in [-0.3, -0.25) is 4.79 Å². The van der Waals surface area contributed by atoms with Gasteiger partial charge in [-0.1, -0.05) is 48.4 Å². The van der Waals surface area contributed by atoms with E-state index >= 15 is 0 Å². The Labute approximate surface area is 212 Å². The van der Waals surface area contributed by atoms with Gasteiger partial charge in [0.15, 0.2) is 11.5 Å². The Balaban J connectivity index is 0.000000479. The first-order chi connectivity index (χ1) is 17.6. The zero-order chi connectivity index (χ0) is 27.0. The van der Waals surface area contributed by atoms with E-state index in [9.17, 15) is 18.0 Å². The molecule has 6 nitrogen and oxygen atoms in total. The number of rotatable bonds is 3. The van der Waals surface area contributed by atoms with Crippen LogP contribution in [0, 0.1) is 18.8 Å². The van der Waals surface area contributed by atoms with E-state index in [0.717, 1.165) is 42.6 Å². The fourth-order valence-corrected chi connectivity index (χ4v) is 3.91. The third kappa shape index (κ3) is 7.72. The van der Waals surface area contributed by atoms with Gasteiger partial charge in [-0.25, -0.2) is 4.79 Å². The topological polar surface area (TPSA) is 96.8 Å². The quantitative estimate of drug-likeness (QED) is 0.476. The Kier molecular flexibility index (Phi) is 9.15. The second-order valence-electron chi connectivity index (χ2n) is 8.55. The van der Waals surface area contributed by atoms with Crippen LogP contribution in [0.1, 0.15) is 57.3 Å². The van der Waals surface area contributed by atoms with Crippen molar-refractivity contribution in [3.63, 3.8) is 0 Å². The highest BCUT2D eigenvalue weighted by Gasteiger charge is 2.38. The monoisotopic (exact) mass is 512 g/mol. The van der Waals surface area contributed by atoms with Crippen molar-refractivity contribution >= 4 is 11.9 Å². The lowest BCUT2D eigenvalue weighted by Gasteiger charge is -2.31. The van der Waals surface area contributed by atoms with Crippen LogP contribution in [0.15, 0.2) is 65.1 Å². The predicted octanol–water partition coefficient (Wildman–Crippen LogP) is 5.10. The van der Waals surface area contributed by atoms with E-state index in [4.69, 9.17) is 20.1 Å². The number of piperidine rings is 1. The first kappa shape index (κ1) is 27.6. The Morgan fingerprint density at radius 1 is 1.05 bits per heavy atom. The lowest BCUT2D eigenvalue weighted by Crippen LogP contribution is -2.37. The molecule has 1 aromatic heterocycles. The summed E-state index contributed by atoms with van der Waals surface area (Å²) >= 11 is 0. The maximum atomic E-state index is 12.9. The summed E-state index contributed by atoms with van der Waals surface area (Å²) in [5.41, 5.74) is 10.3. The molecular formula is C28H27F3N2O4. The zero-order valence-corrected chi connectivity index (χ0v) is 20.2. The summed E-state index contributed by atoms with van der Waals surface area (Å²) in [5.74, 6) is 4.65. The molecule has 0 aliphatic carbocycles. The summed E-state index contributed by atoms with van der Waals surface area (Å²) in [5, 5.41) is 7.12. The number of carbonyl (C=O) groups excluding carboxylic acids is 1. The van der Waals surface area contributed by atoms with Gasteiger partial charge in [-0.05, 0) is 66.5 Å². The summed E-state index contributed by atoms with van der Waals surface area (Å²) in [6, 6.07) is 19.9.